The number of aromatic nitrogens is 2. The van der Waals surface area contributed by atoms with Gasteiger partial charge < -0.3 is 29.2 Å². The highest BCUT2D eigenvalue weighted by Crippen LogP contribution is 2.32. The Morgan fingerprint density at radius 3 is 2.45 bits per heavy atom. The number of ether oxygens (including phenoxy) is 4. The number of rotatable bonds is 9. The first-order chi connectivity index (χ1) is 10.7. The number of imidazole rings is 1. The molecule has 0 unspecified atom stereocenters. The van der Waals surface area contributed by atoms with E-state index in [0.29, 0.717) is 44.4 Å². The summed E-state index contributed by atoms with van der Waals surface area (Å²) in [6.07, 6.45) is 0. The smallest absolute Gasteiger partial charge is 0.163 e. The maximum Gasteiger partial charge on any atom is 0.163 e. The average molecular weight is 309 g/mol. The molecule has 0 saturated carbocycles. The predicted octanol–water partition coefficient (Wildman–Crippen LogP) is 1.18. The van der Waals surface area contributed by atoms with Crippen molar-refractivity contribution in [1.29, 1.82) is 0 Å². The molecule has 0 atom stereocenters. The highest BCUT2D eigenvalue weighted by atomic mass is 16.5. The molecule has 0 fully saturated rings. The molecule has 7 nitrogen and oxygen atoms in total. The summed E-state index contributed by atoms with van der Waals surface area (Å²) in [4.78, 5) is 4.61. The fourth-order valence-corrected chi connectivity index (χ4v) is 2.33. The Morgan fingerprint density at radius 2 is 1.82 bits per heavy atom. The molecule has 0 amide bonds. The lowest BCUT2D eigenvalue weighted by atomic mass is 10.2. The summed E-state index contributed by atoms with van der Waals surface area (Å²) in [6, 6.07) is 3.79. The Hall–Kier alpha value is -1.83. The van der Waals surface area contributed by atoms with Gasteiger partial charge in [0.05, 0.1) is 38.5 Å². The lowest BCUT2D eigenvalue weighted by molar-refractivity contribution is 0.129. The molecule has 1 aromatic carbocycles. The summed E-state index contributed by atoms with van der Waals surface area (Å²) in [7, 11) is 4.87. The average Bonchev–Trinajstić information content (AvgIpc) is 2.87. The fraction of sp³-hybridized carbons (Fsp3) is 0.533. The molecule has 0 bridgehead atoms. The minimum absolute atomic E-state index is 0.427. The topological polar surface area (TPSA) is 80.8 Å². The van der Waals surface area contributed by atoms with Crippen molar-refractivity contribution in [3.05, 3.63) is 18.0 Å². The van der Waals surface area contributed by atoms with Crippen LogP contribution in [0, 0.1) is 0 Å². The van der Waals surface area contributed by atoms with Crippen molar-refractivity contribution in [2.75, 3.05) is 41.1 Å². The number of benzene rings is 1. The van der Waals surface area contributed by atoms with E-state index in [9.17, 15) is 0 Å². The molecule has 1 heterocycles. The van der Waals surface area contributed by atoms with Crippen molar-refractivity contribution in [1.82, 2.24) is 9.55 Å². The number of nitrogens with zero attached hydrogens (tertiary/aromatic N) is 2. The van der Waals surface area contributed by atoms with E-state index in [-0.39, 0.29) is 0 Å². The van der Waals surface area contributed by atoms with Gasteiger partial charge in [0.2, 0.25) is 0 Å². The molecule has 0 aliphatic carbocycles. The van der Waals surface area contributed by atoms with Crippen LogP contribution >= 0.6 is 0 Å². The third kappa shape index (κ3) is 3.49. The zero-order valence-corrected chi connectivity index (χ0v) is 13.3. The van der Waals surface area contributed by atoms with Gasteiger partial charge in [-0.1, -0.05) is 0 Å². The number of nitrogens with two attached hydrogens (primary N) is 1. The zero-order valence-electron chi connectivity index (χ0n) is 13.3. The Morgan fingerprint density at radius 1 is 1.09 bits per heavy atom. The Labute approximate surface area is 129 Å². The van der Waals surface area contributed by atoms with E-state index >= 15 is 0 Å². The molecule has 2 N–H and O–H groups in total. The second kappa shape index (κ2) is 7.98. The van der Waals surface area contributed by atoms with Crippen LogP contribution in [-0.2, 0) is 22.6 Å². The van der Waals surface area contributed by atoms with Crippen LogP contribution in [0.4, 0.5) is 0 Å². The van der Waals surface area contributed by atoms with E-state index in [1.54, 1.807) is 21.3 Å². The van der Waals surface area contributed by atoms with E-state index in [4.69, 9.17) is 24.7 Å². The largest absolute Gasteiger partial charge is 0.493 e. The number of hydrogen-bond donors (Lipinski definition) is 1. The summed E-state index contributed by atoms with van der Waals surface area (Å²) < 4.78 is 23.5. The highest BCUT2D eigenvalue weighted by Gasteiger charge is 2.15. The number of methoxy groups -OCH3 is 3. The van der Waals surface area contributed by atoms with Crippen LogP contribution < -0.4 is 15.2 Å². The van der Waals surface area contributed by atoms with E-state index in [1.165, 1.54) is 0 Å². The van der Waals surface area contributed by atoms with E-state index in [0.717, 1.165) is 16.9 Å². The van der Waals surface area contributed by atoms with Crippen LogP contribution in [0.3, 0.4) is 0 Å². The third-order valence-corrected chi connectivity index (χ3v) is 3.33. The molecule has 122 valence electrons. The van der Waals surface area contributed by atoms with Crippen molar-refractivity contribution < 1.29 is 18.9 Å². The molecule has 0 aliphatic heterocycles. The Balaban J connectivity index is 2.38. The number of fused-ring (bicyclic) bond motifs is 1. The molecule has 2 rings (SSSR count). The minimum Gasteiger partial charge on any atom is -0.493 e. The molecule has 22 heavy (non-hydrogen) atoms. The summed E-state index contributed by atoms with van der Waals surface area (Å²) in [5.41, 5.74) is 7.23. The third-order valence-electron chi connectivity index (χ3n) is 3.33. The minimum atomic E-state index is 0.427. The first-order valence-corrected chi connectivity index (χ1v) is 7.13. The Kier molecular flexibility index (Phi) is 6.00. The molecule has 0 aliphatic rings. The predicted molar refractivity (Wildman–Crippen MR) is 83.4 cm³/mol. The first-order valence-electron chi connectivity index (χ1n) is 7.13. The summed E-state index contributed by atoms with van der Waals surface area (Å²) >= 11 is 0. The van der Waals surface area contributed by atoms with Crippen LogP contribution in [-0.4, -0.2) is 50.6 Å². The van der Waals surface area contributed by atoms with Gasteiger partial charge in [0, 0.05) is 32.3 Å². The summed E-state index contributed by atoms with van der Waals surface area (Å²) in [5, 5.41) is 0. The number of hydrogen-bond acceptors (Lipinski definition) is 6. The molecule has 2 aromatic rings. The zero-order chi connectivity index (χ0) is 15.9. The molecule has 1 aromatic heterocycles. The second-order valence-electron chi connectivity index (χ2n) is 4.71. The van der Waals surface area contributed by atoms with Crippen LogP contribution in [0.25, 0.3) is 11.0 Å². The van der Waals surface area contributed by atoms with Crippen LogP contribution in [0.1, 0.15) is 5.82 Å². The van der Waals surface area contributed by atoms with Gasteiger partial charge in [-0.25, -0.2) is 4.98 Å². The van der Waals surface area contributed by atoms with E-state index in [1.807, 2.05) is 12.1 Å². The van der Waals surface area contributed by atoms with Crippen molar-refractivity contribution in [3.8, 4) is 11.5 Å². The summed E-state index contributed by atoms with van der Waals surface area (Å²) in [5.74, 6) is 2.16. The van der Waals surface area contributed by atoms with Gasteiger partial charge >= 0.3 is 0 Å². The fourth-order valence-electron chi connectivity index (χ4n) is 2.33. The molecular weight excluding hydrogens is 286 g/mol. The van der Waals surface area contributed by atoms with Gasteiger partial charge in [-0.05, 0) is 0 Å². The van der Waals surface area contributed by atoms with E-state index < -0.39 is 0 Å². The van der Waals surface area contributed by atoms with Crippen molar-refractivity contribution >= 4 is 11.0 Å². The lowest BCUT2D eigenvalue weighted by Gasteiger charge is -2.11. The van der Waals surface area contributed by atoms with Gasteiger partial charge in [-0.2, -0.15) is 0 Å². The second-order valence-corrected chi connectivity index (χ2v) is 4.71. The normalized spacial score (nSPS) is 11.1. The van der Waals surface area contributed by atoms with E-state index in [2.05, 4.69) is 9.55 Å². The maximum absolute atomic E-state index is 5.47. The molecule has 0 radical (unpaired) electrons. The van der Waals surface area contributed by atoms with Crippen molar-refractivity contribution in [3.63, 3.8) is 0 Å². The molecule has 0 saturated heterocycles. The lowest BCUT2D eigenvalue weighted by Crippen LogP contribution is -2.14. The van der Waals surface area contributed by atoms with Gasteiger partial charge in [0.15, 0.2) is 11.5 Å². The Bertz CT molecular complexity index is 612. The highest BCUT2D eigenvalue weighted by molar-refractivity contribution is 5.80. The SMILES string of the molecule is COCc1nc2cc(OC)c(OC)cc2n1CCOCCN. The van der Waals surface area contributed by atoms with Crippen molar-refractivity contribution in [2.45, 2.75) is 13.2 Å². The maximum atomic E-state index is 5.47. The summed E-state index contributed by atoms with van der Waals surface area (Å²) in [6.45, 7) is 2.72. The van der Waals surface area contributed by atoms with Gasteiger partial charge in [0.25, 0.3) is 0 Å². The van der Waals surface area contributed by atoms with Crippen LogP contribution in [0.5, 0.6) is 11.5 Å². The van der Waals surface area contributed by atoms with Crippen LogP contribution in [0.2, 0.25) is 0 Å². The van der Waals surface area contributed by atoms with Gasteiger partial charge in [-0.3, -0.25) is 0 Å². The quantitative estimate of drug-likeness (QED) is 0.701. The van der Waals surface area contributed by atoms with Crippen LogP contribution in [0.15, 0.2) is 12.1 Å². The monoisotopic (exact) mass is 309 g/mol. The molecule has 0 spiro atoms. The van der Waals surface area contributed by atoms with Gasteiger partial charge in [0.1, 0.15) is 12.4 Å². The first kappa shape index (κ1) is 16.5. The molecule has 7 heteroatoms. The van der Waals surface area contributed by atoms with Gasteiger partial charge in [-0.15, -0.1) is 0 Å². The van der Waals surface area contributed by atoms with Crippen molar-refractivity contribution in [2.24, 2.45) is 5.73 Å². The molecular formula is C15H23N3O4. The standard InChI is InChI=1S/C15H23N3O4/c1-19-10-15-17-11-8-13(20-2)14(21-3)9-12(11)18(15)5-7-22-6-4-16/h8-9H,4-7,10,16H2,1-3H3.